The minimum absolute atomic E-state index is 0.222. The fourth-order valence-electron chi connectivity index (χ4n) is 1.54. The van der Waals surface area contributed by atoms with E-state index in [-0.39, 0.29) is 10.8 Å². The zero-order valence-corrected chi connectivity index (χ0v) is 11.0. The number of hydrogen-bond donors (Lipinski definition) is 2. The molecule has 19 heavy (non-hydrogen) atoms. The first-order chi connectivity index (χ1) is 9.08. The van der Waals surface area contributed by atoms with Crippen LogP contribution in [0, 0.1) is 6.92 Å². The number of carbonyl (C=O) groups excluding carboxylic acids is 1. The van der Waals surface area contributed by atoms with E-state index in [2.05, 4.69) is 10.3 Å². The third-order valence-corrected chi connectivity index (χ3v) is 3.65. The van der Waals surface area contributed by atoms with Crippen LogP contribution in [0.15, 0.2) is 23.0 Å². The first kappa shape index (κ1) is 13.3. The first-order valence-electron chi connectivity index (χ1n) is 5.58. The van der Waals surface area contributed by atoms with Gasteiger partial charge < -0.3 is 14.8 Å². The summed E-state index contributed by atoms with van der Waals surface area (Å²) in [6.45, 7) is 2.06. The summed E-state index contributed by atoms with van der Waals surface area (Å²) in [4.78, 5) is 26.9. The van der Waals surface area contributed by atoms with Crippen molar-refractivity contribution in [2.45, 2.75) is 13.3 Å². The Kier molecular flexibility index (Phi) is 3.96. The quantitative estimate of drug-likeness (QED) is 0.869. The van der Waals surface area contributed by atoms with Crippen molar-refractivity contribution in [3.8, 4) is 0 Å². The van der Waals surface area contributed by atoms with Gasteiger partial charge >= 0.3 is 5.97 Å². The number of hydrogen-bond acceptors (Lipinski definition) is 5. The summed E-state index contributed by atoms with van der Waals surface area (Å²) in [5, 5.41) is 12.3. The van der Waals surface area contributed by atoms with Gasteiger partial charge in [0.05, 0.1) is 22.5 Å². The summed E-state index contributed by atoms with van der Waals surface area (Å²) in [5.41, 5.74) is 0.968. The summed E-state index contributed by atoms with van der Waals surface area (Å²) >= 11 is 1.14. The topological polar surface area (TPSA) is 92.4 Å². The lowest BCUT2D eigenvalue weighted by molar-refractivity contribution is 0.0701. The van der Waals surface area contributed by atoms with Crippen LogP contribution in [0.3, 0.4) is 0 Å². The smallest absolute Gasteiger partial charge is 0.347 e. The normalized spacial score (nSPS) is 10.4. The lowest BCUT2D eigenvalue weighted by Gasteiger charge is -2.00. The lowest BCUT2D eigenvalue weighted by atomic mass is 10.3. The molecule has 2 aromatic heterocycles. The van der Waals surface area contributed by atoms with Crippen LogP contribution in [-0.4, -0.2) is 28.5 Å². The lowest BCUT2D eigenvalue weighted by Crippen LogP contribution is -2.25. The average molecular weight is 280 g/mol. The Labute approximate surface area is 113 Å². The van der Waals surface area contributed by atoms with Crippen molar-refractivity contribution in [1.29, 1.82) is 0 Å². The molecule has 2 heterocycles. The van der Waals surface area contributed by atoms with Gasteiger partial charge in [0.1, 0.15) is 11.1 Å². The van der Waals surface area contributed by atoms with E-state index in [9.17, 15) is 9.59 Å². The van der Waals surface area contributed by atoms with Crippen LogP contribution in [-0.2, 0) is 6.42 Å². The average Bonchev–Trinajstić information content (AvgIpc) is 2.98. The van der Waals surface area contributed by atoms with E-state index in [0.717, 1.165) is 11.3 Å². The van der Waals surface area contributed by atoms with Gasteiger partial charge in [-0.2, -0.15) is 0 Å². The maximum Gasteiger partial charge on any atom is 0.347 e. The van der Waals surface area contributed by atoms with Crippen molar-refractivity contribution in [2.24, 2.45) is 0 Å². The molecule has 0 bridgehead atoms. The number of nitrogens with one attached hydrogen (secondary N) is 1. The van der Waals surface area contributed by atoms with E-state index in [1.165, 1.54) is 12.5 Å². The molecule has 0 aliphatic carbocycles. The van der Waals surface area contributed by atoms with Crippen molar-refractivity contribution in [3.05, 3.63) is 39.7 Å². The molecule has 2 N–H and O–H groups in total. The Hall–Kier alpha value is -2.15. The monoisotopic (exact) mass is 280 g/mol. The van der Waals surface area contributed by atoms with Gasteiger partial charge in [-0.15, -0.1) is 11.3 Å². The van der Waals surface area contributed by atoms with Crippen LogP contribution in [0.5, 0.6) is 0 Å². The van der Waals surface area contributed by atoms with Crippen molar-refractivity contribution in [2.75, 3.05) is 6.54 Å². The zero-order chi connectivity index (χ0) is 13.8. The molecule has 100 valence electrons. The maximum atomic E-state index is 11.6. The molecule has 7 heteroatoms. The van der Waals surface area contributed by atoms with Crippen molar-refractivity contribution < 1.29 is 19.1 Å². The van der Waals surface area contributed by atoms with Gasteiger partial charge in [-0.1, -0.05) is 0 Å². The van der Waals surface area contributed by atoms with E-state index in [1.54, 1.807) is 13.0 Å². The van der Waals surface area contributed by atoms with Crippen molar-refractivity contribution in [1.82, 2.24) is 10.3 Å². The number of nitrogens with zero attached hydrogens (tertiary/aromatic N) is 1. The molecule has 0 saturated carbocycles. The Morgan fingerprint density at radius 2 is 2.32 bits per heavy atom. The maximum absolute atomic E-state index is 11.6. The molecule has 0 aromatic carbocycles. The molecule has 0 aliphatic rings. The molecular formula is C12H12N2O4S. The summed E-state index contributed by atoms with van der Waals surface area (Å²) in [5.74, 6) is -1.19. The SMILES string of the molecule is Cc1nc(CCNC(=O)c2ccoc2)sc1C(=O)O. The number of aromatic carboxylic acids is 1. The number of amides is 1. The van der Waals surface area contributed by atoms with Crippen molar-refractivity contribution in [3.63, 3.8) is 0 Å². The summed E-state index contributed by atoms with van der Waals surface area (Å²) in [6, 6.07) is 1.57. The van der Waals surface area contributed by atoms with Gasteiger partial charge in [0.2, 0.25) is 0 Å². The first-order valence-corrected chi connectivity index (χ1v) is 6.39. The van der Waals surface area contributed by atoms with Crippen molar-refractivity contribution >= 4 is 23.2 Å². The van der Waals surface area contributed by atoms with E-state index < -0.39 is 5.97 Å². The number of rotatable bonds is 5. The van der Waals surface area contributed by atoms with Gasteiger partial charge in [-0.3, -0.25) is 4.79 Å². The predicted molar refractivity (Wildman–Crippen MR) is 68.6 cm³/mol. The molecular weight excluding hydrogens is 268 g/mol. The highest BCUT2D eigenvalue weighted by Gasteiger charge is 2.14. The molecule has 0 spiro atoms. The van der Waals surface area contributed by atoms with Gasteiger partial charge in [0.15, 0.2) is 0 Å². The summed E-state index contributed by atoms with van der Waals surface area (Å²) in [7, 11) is 0. The molecule has 0 atom stereocenters. The number of carboxylic acid groups (broad SMARTS) is 1. The van der Waals surface area contributed by atoms with Crippen LogP contribution < -0.4 is 5.32 Å². The van der Waals surface area contributed by atoms with E-state index in [0.29, 0.717) is 29.2 Å². The molecule has 1 amide bonds. The van der Waals surface area contributed by atoms with Gasteiger partial charge in [0.25, 0.3) is 5.91 Å². The second-order valence-corrected chi connectivity index (χ2v) is 4.93. The number of furan rings is 1. The highest BCUT2D eigenvalue weighted by atomic mass is 32.1. The second-order valence-electron chi connectivity index (χ2n) is 3.85. The number of carbonyl (C=O) groups is 2. The Bertz CT molecular complexity index is 589. The number of carboxylic acids is 1. The second kappa shape index (κ2) is 5.66. The minimum Gasteiger partial charge on any atom is -0.477 e. The molecule has 0 fully saturated rings. The predicted octanol–water partition coefficient (Wildman–Crippen LogP) is 1.72. The van der Waals surface area contributed by atoms with Gasteiger partial charge in [-0.25, -0.2) is 9.78 Å². The number of thiazole rings is 1. The largest absolute Gasteiger partial charge is 0.477 e. The molecule has 0 unspecified atom stereocenters. The van der Waals surface area contributed by atoms with Crippen LogP contribution in [0.25, 0.3) is 0 Å². The minimum atomic E-state index is -0.969. The van der Waals surface area contributed by atoms with Crippen LogP contribution in [0.2, 0.25) is 0 Å². The summed E-state index contributed by atoms with van der Waals surface area (Å²) < 4.78 is 4.81. The molecule has 0 saturated heterocycles. The number of aryl methyl sites for hydroxylation is 1. The van der Waals surface area contributed by atoms with Crippen LogP contribution >= 0.6 is 11.3 Å². The molecule has 0 radical (unpaired) electrons. The Morgan fingerprint density at radius 1 is 1.53 bits per heavy atom. The van der Waals surface area contributed by atoms with E-state index >= 15 is 0 Å². The zero-order valence-electron chi connectivity index (χ0n) is 10.2. The molecule has 2 rings (SSSR count). The summed E-state index contributed by atoms with van der Waals surface area (Å²) in [6.07, 6.45) is 3.30. The van der Waals surface area contributed by atoms with Crippen LogP contribution in [0.4, 0.5) is 0 Å². The molecule has 0 aliphatic heterocycles. The fourth-order valence-corrected chi connectivity index (χ4v) is 2.44. The van der Waals surface area contributed by atoms with Gasteiger partial charge in [0, 0.05) is 13.0 Å². The molecule has 6 nitrogen and oxygen atoms in total. The third-order valence-electron chi connectivity index (χ3n) is 2.44. The highest BCUT2D eigenvalue weighted by molar-refractivity contribution is 7.13. The van der Waals surface area contributed by atoms with E-state index in [1.807, 2.05) is 0 Å². The highest BCUT2D eigenvalue weighted by Crippen LogP contribution is 2.18. The van der Waals surface area contributed by atoms with Gasteiger partial charge in [-0.05, 0) is 13.0 Å². The Balaban J connectivity index is 1.88. The standard InChI is InChI=1S/C12H12N2O4S/c1-7-10(12(16)17)19-9(14-7)2-4-13-11(15)8-3-5-18-6-8/h3,5-6H,2,4H2,1H3,(H,13,15)(H,16,17). The fraction of sp³-hybridized carbons (Fsp3) is 0.250. The number of aromatic nitrogens is 1. The third kappa shape index (κ3) is 3.19. The van der Waals surface area contributed by atoms with E-state index in [4.69, 9.17) is 9.52 Å². The molecule has 2 aromatic rings. The Morgan fingerprint density at radius 3 is 2.89 bits per heavy atom. The van der Waals surface area contributed by atoms with Crippen LogP contribution in [0.1, 0.15) is 30.7 Å².